The molecule has 24 N–H and O–H groups in total. The van der Waals surface area contributed by atoms with Gasteiger partial charge in [0.15, 0.2) is 41.0 Å². The SMILES string of the molecule is CC(=O)C[C@@H](Cc1cnc[nH]1)C(=O)N[C@@H](C)C(=O)C[C@@H](Cc1ccc(O)cc1)C(=O)N[C@@H](CCCN=C(N)N)C(=O)C[C@@H](Cc1cnc[nH]1)C(=O)N[C@@H](CCCN=C(N)N)C(=O)C[C@@H](CCCN=C(N)N)C(N)=O.CCCCCCCCCCCCCCCC(=O)N[C@H](C(=O)N[C@@H](Cc1cnc[nH]1)C(=O)C[C@@H](C)C(=O)N[C@H](C)C(C)C)C(C)C. The highest BCUT2D eigenvalue weighted by atomic mass is 16.3. The molecule has 1 aromatic carbocycles. The third kappa shape index (κ3) is 43.9. The van der Waals surface area contributed by atoms with Crippen LogP contribution in [0.4, 0.5) is 0 Å². The maximum Gasteiger partial charge on any atom is 0.243 e. The molecular formula is C84H138N22O13. The van der Waals surface area contributed by atoms with Gasteiger partial charge in [0.25, 0.3) is 0 Å². The minimum absolute atomic E-state index is 0.00646. The second-order valence-electron chi connectivity index (χ2n) is 32.0. The van der Waals surface area contributed by atoms with Crippen molar-refractivity contribution in [2.24, 2.45) is 96.5 Å². The number of benzene rings is 1. The summed E-state index contributed by atoms with van der Waals surface area (Å²) >= 11 is 0. The first-order chi connectivity index (χ1) is 56.6. The lowest BCUT2D eigenvalue weighted by molar-refractivity contribution is -0.135. The number of phenols is 1. The number of aromatic amines is 3. The molecule has 0 radical (unpaired) electrons. The summed E-state index contributed by atoms with van der Waals surface area (Å²) in [5, 5.41) is 27.0. The molecule has 0 saturated carbocycles. The highest BCUT2D eigenvalue weighted by molar-refractivity contribution is 5.98. The maximum atomic E-state index is 14.6. The number of aliphatic imine (C=N–C) groups is 3. The van der Waals surface area contributed by atoms with Crippen molar-refractivity contribution >= 4 is 88.1 Å². The number of phenolic OH excluding ortho intramolecular Hbond substituents is 1. The van der Waals surface area contributed by atoms with Gasteiger partial charge in [0.2, 0.25) is 41.4 Å². The Labute approximate surface area is 700 Å². The Morgan fingerprint density at radius 2 is 0.815 bits per heavy atom. The first kappa shape index (κ1) is 102. The second-order valence-corrected chi connectivity index (χ2v) is 32.0. The molecule has 0 unspecified atom stereocenters. The van der Waals surface area contributed by atoms with Crippen molar-refractivity contribution in [1.82, 2.24) is 61.8 Å². The van der Waals surface area contributed by atoms with Crippen molar-refractivity contribution < 1.29 is 62.6 Å². The lowest BCUT2D eigenvalue weighted by Gasteiger charge is -2.26. The van der Waals surface area contributed by atoms with Crippen molar-refractivity contribution in [1.29, 1.82) is 0 Å². The number of aromatic hydroxyl groups is 1. The number of amides is 7. The molecule has 11 atom stereocenters. The first-order valence-electron chi connectivity index (χ1n) is 42.1. The Balaban J connectivity index is 0.000000695. The third-order valence-corrected chi connectivity index (χ3v) is 20.8. The first-order valence-corrected chi connectivity index (χ1v) is 42.1. The molecule has 35 nitrogen and oxygen atoms in total. The molecule has 0 spiro atoms. The van der Waals surface area contributed by atoms with Gasteiger partial charge in [-0.25, -0.2) is 15.0 Å². The zero-order valence-electron chi connectivity index (χ0n) is 71.5. The van der Waals surface area contributed by atoms with E-state index in [4.69, 9.17) is 40.1 Å². The number of Topliss-reactive ketones (excluding diaryl/α,β-unsaturated/α-hetero) is 5. The summed E-state index contributed by atoms with van der Waals surface area (Å²) in [6.07, 6.45) is 25.4. The van der Waals surface area contributed by atoms with E-state index in [9.17, 15) is 62.6 Å². The average molecular weight is 1660 g/mol. The minimum atomic E-state index is -1.26. The van der Waals surface area contributed by atoms with E-state index in [2.05, 4.69) is 83.7 Å². The van der Waals surface area contributed by atoms with Crippen LogP contribution in [0, 0.1) is 41.4 Å². The number of guanidine groups is 3. The van der Waals surface area contributed by atoms with E-state index < -0.39 is 120 Å². The quantitative estimate of drug-likeness (QED) is 0.0155. The lowest BCUT2D eigenvalue weighted by Crippen LogP contribution is -2.54. The zero-order chi connectivity index (χ0) is 88.4. The summed E-state index contributed by atoms with van der Waals surface area (Å²) in [5.74, 6) is -10.5. The average Bonchev–Trinajstić information content (AvgIpc) is 1.40. The molecule has 4 aromatic rings. The zero-order valence-corrected chi connectivity index (χ0v) is 71.5. The number of nitrogens with two attached hydrogens (primary N) is 7. The van der Waals surface area contributed by atoms with Crippen molar-refractivity contribution in [3.8, 4) is 5.75 Å². The van der Waals surface area contributed by atoms with E-state index in [-0.39, 0.29) is 162 Å². The van der Waals surface area contributed by atoms with Gasteiger partial charge in [0.05, 0.1) is 55.0 Å². The van der Waals surface area contributed by atoms with Gasteiger partial charge in [-0.1, -0.05) is 131 Å². The van der Waals surface area contributed by atoms with Crippen molar-refractivity contribution in [2.75, 3.05) is 19.6 Å². The fourth-order valence-electron chi connectivity index (χ4n) is 13.3. The summed E-state index contributed by atoms with van der Waals surface area (Å²) in [4.78, 5) is 194. The number of carbonyl (C=O) groups excluding carboxylic acids is 12. The number of rotatable bonds is 62. The molecule has 0 fully saturated rings. The van der Waals surface area contributed by atoms with E-state index in [1.165, 1.54) is 122 Å². The Bertz CT molecular complexity index is 3800. The summed E-state index contributed by atoms with van der Waals surface area (Å²) in [5.41, 5.74) is 41.0. The van der Waals surface area contributed by atoms with Gasteiger partial charge in [-0.2, -0.15) is 0 Å². The predicted molar refractivity (Wildman–Crippen MR) is 457 cm³/mol. The largest absolute Gasteiger partial charge is 0.508 e. The number of imidazole rings is 3. The maximum absolute atomic E-state index is 14.6. The van der Waals surface area contributed by atoms with Crippen LogP contribution in [0.5, 0.6) is 5.75 Å². The number of primary amides is 1. The van der Waals surface area contributed by atoms with Crippen LogP contribution in [0.1, 0.15) is 245 Å². The number of nitrogens with zero attached hydrogens (tertiary/aromatic N) is 6. The highest BCUT2D eigenvalue weighted by Crippen LogP contribution is 2.24. The Hall–Kier alpha value is -10.9. The van der Waals surface area contributed by atoms with Crippen molar-refractivity contribution in [3.05, 3.63) is 84.5 Å². The molecule has 3 aromatic heterocycles. The highest BCUT2D eigenvalue weighted by Gasteiger charge is 2.36. The van der Waals surface area contributed by atoms with E-state index in [1.807, 2.05) is 34.6 Å². The van der Waals surface area contributed by atoms with Crippen LogP contribution in [0.2, 0.25) is 0 Å². The molecule has 7 amide bonds. The number of hydrogen-bond acceptors (Lipinski definition) is 19. The Kier molecular flexibility index (Phi) is 49.2. The smallest absolute Gasteiger partial charge is 0.243 e. The molecule has 3 heterocycles. The third-order valence-electron chi connectivity index (χ3n) is 20.8. The number of hydrogen-bond donors (Lipinski definition) is 17. The van der Waals surface area contributed by atoms with E-state index in [0.717, 1.165) is 19.3 Å². The van der Waals surface area contributed by atoms with Crippen LogP contribution < -0.4 is 72.0 Å². The van der Waals surface area contributed by atoms with E-state index >= 15 is 0 Å². The number of aromatic nitrogens is 6. The molecule has 0 aliphatic rings. The molecule has 4 rings (SSSR count). The molecule has 662 valence electrons. The second kappa shape index (κ2) is 57.3. The summed E-state index contributed by atoms with van der Waals surface area (Å²) in [6, 6.07) is 0.826. The van der Waals surface area contributed by atoms with E-state index in [0.29, 0.717) is 35.5 Å². The number of carbonyl (C=O) groups is 12. The van der Waals surface area contributed by atoms with Crippen molar-refractivity contribution in [3.63, 3.8) is 0 Å². The Morgan fingerprint density at radius 1 is 0.412 bits per heavy atom. The molecule has 0 aliphatic carbocycles. The lowest BCUT2D eigenvalue weighted by atomic mass is 9.88. The van der Waals surface area contributed by atoms with Crippen molar-refractivity contribution in [2.45, 2.75) is 285 Å². The standard InChI is InChI=1S/C48H73N17O9.C36H65N5O4/c1-27(66)16-31(18-34-23-56-25-61-34)43(72)63-28(2)39(68)21-32(17-29-9-11-36(67)12-10-29)44(73)64-38(8-5-15-60-48(54)55)41(70)22-33(19-35-24-57-26-62-35)45(74)65-37(7-4-14-59-47(52)53)40(69)20-30(42(49)71)6-3-13-58-46(50)51;1-8-9-10-11-12-13-14-15-16-17-18-19-20-21-33(43)41-34(27(4)5)36(45)40-31(23-30-24-37-25-38-30)32(42)22-28(6)35(44)39-29(7)26(2)3/h9-12,23-26,28,30-33,37-38,67H,3-8,13-22H2,1-2H3,(H2,49,71)(H,56,61)(H,57,62)(H,63,72)(H,64,73)(H,65,74)(H4,50,51,58)(H4,52,53,59)(H4,54,55,60);24-29,31,34H,8-23H2,1-7H3,(H,37,38)(H,39,44)(H,40,45)(H,41,43)/t28-,30+,31-,32+,33+,37-,38-;28-,29-,31+,34+/m01/s1. The molecule has 119 heavy (non-hydrogen) atoms. The van der Waals surface area contributed by atoms with Crippen LogP contribution in [0.15, 0.2) is 76.8 Å². The number of unbranched alkanes of at least 4 members (excludes halogenated alkanes) is 12. The topological polar surface area (TPSA) is 603 Å². The summed E-state index contributed by atoms with van der Waals surface area (Å²) in [7, 11) is 0. The number of nitrogens with one attached hydrogen (secondary N) is 9. The van der Waals surface area contributed by atoms with Gasteiger partial charge in [0, 0.05) is 137 Å². The van der Waals surface area contributed by atoms with Crippen LogP contribution in [0.25, 0.3) is 0 Å². The van der Waals surface area contributed by atoms with Gasteiger partial charge in [-0.3, -0.25) is 67.7 Å². The van der Waals surface area contributed by atoms with Crippen LogP contribution in [0.3, 0.4) is 0 Å². The minimum Gasteiger partial charge on any atom is -0.508 e. The van der Waals surface area contributed by atoms with Gasteiger partial charge in [-0.05, 0) is 102 Å². The Morgan fingerprint density at radius 3 is 1.24 bits per heavy atom. The number of ketones is 5. The van der Waals surface area contributed by atoms with Crippen LogP contribution in [-0.4, -0.2) is 179 Å². The van der Waals surface area contributed by atoms with Crippen LogP contribution in [-0.2, 0) is 83.2 Å². The molecule has 0 aliphatic heterocycles. The molecule has 0 saturated heterocycles. The number of H-pyrrole nitrogens is 3. The van der Waals surface area contributed by atoms with Gasteiger partial charge < -0.3 is 96.9 Å². The molecule has 0 bridgehead atoms. The predicted octanol–water partition coefficient (Wildman–Crippen LogP) is 5.12. The van der Waals surface area contributed by atoms with E-state index in [1.54, 1.807) is 25.3 Å². The molecule has 35 heteroatoms. The van der Waals surface area contributed by atoms with Gasteiger partial charge in [0.1, 0.15) is 17.6 Å². The molecular weight excluding hydrogens is 1530 g/mol. The monoisotopic (exact) mass is 1660 g/mol. The van der Waals surface area contributed by atoms with Crippen LogP contribution >= 0.6 is 0 Å². The normalized spacial score (nSPS) is 13.9. The fourth-order valence-corrected chi connectivity index (χ4v) is 13.3. The fraction of sp³-hybridized carbons (Fsp3) is 0.643. The summed E-state index contributed by atoms with van der Waals surface area (Å²) < 4.78 is 0. The van der Waals surface area contributed by atoms with Gasteiger partial charge >= 0.3 is 0 Å². The van der Waals surface area contributed by atoms with Gasteiger partial charge in [-0.15, -0.1) is 0 Å². The summed E-state index contributed by atoms with van der Waals surface area (Å²) in [6.45, 7) is 16.9.